The average Bonchev–Trinajstić information content (AvgIpc) is 3.49. The van der Waals surface area contributed by atoms with Gasteiger partial charge in [-0.25, -0.2) is 4.57 Å². The number of nitrogens with zero attached hydrogens (tertiary/aromatic N) is 1. The maximum Gasteiger partial charge on any atom is 0.472 e. The lowest BCUT2D eigenvalue weighted by Gasteiger charge is -2.26. The molecule has 9 heteroatoms. The van der Waals surface area contributed by atoms with Crippen molar-refractivity contribution in [2.75, 3.05) is 40.9 Å². The summed E-state index contributed by atoms with van der Waals surface area (Å²) in [5.74, 6) is -0.132. The summed E-state index contributed by atoms with van der Waals surface area (Å²) in [7, 11) is 1.64. The molecular formula is C74H152N2O6P+. The summed E-state index contributed by atoms with van der Waals surface area (Å²) < 4.78 is 23.9. The van der Waals surface area contributed by atoms with Crippen molar-refractivity contribution in [2.45, 2.75) is 431 Å². The van der Waals surface area contributed by atoms with Crippen LogP contribution in [0.5, 0.6) is 0 Å². The first-order valence-corrected chi connectivity index (χ1v) is 39.4. The number of hydrogen-bond acceptors (Lipinski definition) is 5. The predicted molar refractivity (Wildman–Crippen MR) is 365 cm³/mol. The standard InChI is InChI=1S/C74H151N2O6P/c1-6-8-10-12-14-16-18-20-22-24-26-28-30-32-34-36-37-38-39-40-42-44-46-48-50-52-54-56-58-60-62-64-66-68-74(78)75-72(71-82-83(79,80)81-70-69-76(3,4)5)73(77)67-65-63-61-59-57-55-53-51-49-47-45-43-41-35-33-31-29-27-25-23-21-19-17-15-13-11-9-7-2/h72-73,77H,6-71H2,1-5H3,(H-,75,78,79,80)/p+1. The Bertz CT molecular complexity index is 1310. The Morgan fingerprint density at radius 1 is 0.361 bits per heavy atom. The highest BCUT2D eigenvalue weighted by atomic mass is 31.2. The molecule has 3 unspecified atom stereocenters. The van der Waals surface area contributed by atoms with E-state index in [9.17, 15) is 19.4 Å². The van der Waals surface area contributed by atoms with E-state index in [1.165, 1.54) is 353 Å². The summed E-state index contributed by atoms with van der Waals surface area (Å²) in [5.41, 5.74) is 0. The minimum absolute atomic E-state index is 0.0796. The van der Waals surface area contributed by atoms with Gasteiger partial charge in [0.25, 0.3) is 0 Å². The van der Waals surface area contributed by atoms with Gasteiger partial charge in [0.2, 0.25) is 5.91 Å². The van der Waals surface area contributed by atoms with Crippen molar-refractivity contribution < 1.29 is 32.9 Å². The highest BCUT2D eigenvalue weighted by Crippen LogP contribution is 2.43. The normalized spacial score (nSPS) is 13.5. The Morgan fingerprint density at radius 3 is 0.807 bits per heavy atom. The lowest BCUT2D eigenvalue weighted by Crippen LogP contribution is -2.46. The lowest BCUT2D eigenvalue weighted by atomic mass is 10.0. The Kier molecular flexibility index (Phi) is 65.5. The molecule has 0 fully saturated rings. The third-order valence-electron chi connectivity index (χ3n) is 18.1. The van der Waals surface area contributed by atoms with Crippen LogP contribution >= 0.6 is 7.82 Å². The Hall–Kier alpha value is -0.500. The molecule has 498 valence electrons. The topological polar surface area (TPSA) is 105 Å². The van der Waals surface area contributed by atoms with Gasteiger partial charge in [-0.05, 0) is 12.8 Å². The first kappa shape index (κ1) is 82.5. The van der Waals surface area contributed by atoms with Gasteiger partial charge in [0.1, 0.15) is 13.2 Å². The molecule has 3 atom stereocenters. The van der Waals surface area contributed by atoms with Gasteiger partial charge >= 0.3 is 7.82 Å². The van der Waals surface area contributed by atoms with Crippen molar-refractivity contribution in [3.05, 3.63) is 0 Å². The molecule has 8 nitrogen and oxygen atoms in total. The second-order valence-corrected chi connectivity index (χ2v) is 29.2. The second-order valence-electron chi connectivity index (χ2n) is 27.8. The van der Waals surface area contributed by atoms with Gasteiger partial charge < -0.3 is 19.8 Å². The van der Waals surface area contributed by atoms with Gasteiger partial charge in [-0.1, -0.05) is 399 Å². The summed E-state index contributed by atoms with van der Waals surface area (Å²) in [6, 6.07) is -0.757. The van der Waals surface area contributed by atoms with E-state index in [-0.39, 0.29) is 19.1 Å². The van der Waals surface area contributed by atoms with E-state index in [0.29, 0.717) is 23.9 Å². The monoisotopic (exact) mass is 1200 g/mol. The molecule has 0 saturated carbocycles. The first-order valence-electron chi connectivity index (χ1n) is 37.9. The molecule has 83 heavy (non-hydrogen) atoms. The number of amides is 1. The molecule has 0 bridgehead atoms. The van der Waals surface area contributed by atoms with Crippen LogP contribution in [0.1, 0.15) is 418 Å². The summed E-state index contributed by atoms with van der Waals surface area (Å²) in [5, 5.41) is 14.2. The van der Waals surface area contributed by atoms with E-state index in [2.05, 4.69) is 19.2 Å². The zero-order valence-corrected chi connectivity index (χ0v) is 58.1. The minimum Gasteiger partial charge on any atom is -0.391 e. The van der Waals surface area contributed by atoms with E-state index < -0.39 is 20.0 Å². The molecule has 0 aliphatic carbocycles. The van der Waals surface area contributed by atoms with Gasteiger partial charge in [0.05, 0.1) is 39.9 Å². The number of phosphoric ester groups is 1. The van der Waals surface area contributed by atoms with Crippen molar-refractivity contribution in [3.63, 3.8) is 0 Å². The SMILES string of the molecule is CCCCCCCCCCCCCCCCCCCCCCCCCCCCCCCCCCCC(=O)NC(COP(=O)(O)OCC[N+](C)(C)C)C(O)CCCCCCCCCCCCCCCCCCCCCCCCCCCCCC. The molecule has 0 aromatic rings. The number of rotatable bonds is 72. The Morgan fingerprint density at radius 2 is 0.578 bits per heavy atom. The molecule has 0 aromatic heterocycles. The van der Waals surface area contributed by atoms with Gasteiger partial charge in [-0.2, -0.15) is 0 Å². The number of hydrogen-bond donors (Lipinski definition) is 3. The molecular weight excluding hydrogens is 1040 g/mol. The van der Waals surface area contributed by atoms with Crippen LogP contribution in [0.25, 0.3) is 0 Å². The van der Waals surface area contributed by atoms with E-state index in [0.717, 1.165) is 38.5 Å². The second kappa shape index (κ2) is 65.9. The number of quaternary nitrogens is 1. The highest BCUT2D eigenvalue weighted by molar-refractivity contribution is 7.47. The molecule has 0 radical (unpaired) electrons. The summed E-state index contributed by atoms with van der Waals surface area (Å²) in [6.45, 7) is 4.97. The maximum absolute atomic E-state index is 13.1. The first-order chi connectivity index (χ1) is 40.5. The predicted octanol–water partition coefficient (Wildman–Crippen LogP) is 24.3. The van der Waals surface area contributed by atoms with Crippen LogP contribution in [0.15, 0.2) is 0 Å². The fourth-order valence-electron chi connectivity index (χ4n) is 12.2. The number of carbonyl (C=O) groups is 1. The molecule has 0 heterocycles. The molecule has 0 aliphatic rings. The van der Waals surface area contributed by atoms with Crippen molar-refractivity contribution in [1.82, 2.24) is 5.32 Å². The van der Waals surface area contributed by atoms with Crippen LogP contribution in [0.2, 0.25) is 0 Å². The van der Waals surface area contributed by atoms with E-state index in [1.807, 2.05) is 21.1 Å². The van der Waals surface area contributed by atoms with Crippen molar-refractivity contribution in [1.29, 1.82) is 0 Å². The number of unbranched alkanes of at least 4 members (excludes halogenated alkanes) is 59. The fourth-order valence-corrected chi connectivity index (χ4v) is 13.0. The highest BCUT2D eigenvalue weighted by Gasteiger charge is 2.28. The third kappa shape index (κ3) is 68.8. The third-order valence-corrected chi connectivity index (χ3v) is 19.1. The molecule has 0 rings (SSSR count). The van der Waals surface area contributed by atoms with Crippen LogP contribution < -0.4 is 5.32 Å². The number of aliphatic hydroxyl groups is 1. The molecule has 0 aliphatic heterocycles. The van der Waals surface area contributed by atoms with E-state index >= 15 is 0 Å². The van der Waals surface area contributed by atoms with Crippen molar-refractivity contribution >= 4 is 13.7 Å². The van der Waals surface area contributed by atoms with E-state index in [4.69, 9.17) is 9.05 Å². The zero-order chi connectivity index (χ0) is 60.5. The number of phosphoric acid groups is 1. The van der Waals surface area contributed by atoms with Gasteiger partial charge in [0.15, 0.2) is 0 Å². The summed E-state index contributed by atoms with van der Waals surface area (Å²) >= 11 is 0. The van der Waals surface area contributed by atoms with Gasteiger partial charge in [0, 0.05) is 6.42 Å². The maximum atomic E-state index is 13.1. The molecule has 0 aromatic carbocycles. The van der Waals surface area contributed by atoms with Crippen molar-refractivity contribution in [2.24, 2.45) is 0 Å². The summed E-state index contributed by atoms with van der Waals surface area (Å²) in [6.07, 6.45) is 83.8. The molecule has 1 amide bonds. The summed E-state index contributed by atoms with van der Waals surface area (Å²) in [4.78, 5) is 23.5. The van der Waals surface area contributed by atoms with Crippen LogP contribution in [0, 0.1) is 0 Å². The smallest absolute Gasteiger partial charge is 0.391 e. The molecule has 3 N–H and O–H groups in total. The number of aliphatic hydroxyl groups excluding tert-OH is 1. The largest absolute Gasteiger partial charge is 0.472 e. The van der Waals surface area contributed by atoms with Crippen LogP contribution in [-0.4, -0.2) is 73.4 Å². The number of carbonyl (C=O) groups excluding carboxylic acids is 1. The fraction of sp³-hybridized carbons (Fsp3) is 0.986. The van der Waals surface area contributed by atoms with Crippen LogP contribution in [0.4, 0.5) is 0 Å². The van der Waals surface area contributed by atoms with Crippen LogP contribution in [0.3, 0.4) is 0 Å². The average molecular weight is 1200 g/mol. The van der Waals surface area contributed by atoms with E-state index in [1.54, 1.807) is 0 Å². The minimum atomic E-state index is -4.33. The molecule has 0 spiro atoms. The van der Waals surface area contributed by atoms with Gasteiger partial charge in [-0.3, -0.25) is 13.8 Å². The zero-order valence-electron chi connectivity index (χ0n) is 57.2. The molecule has 0 saturated heterocycles. The van der Waals surface area contributed by atoms with Crippen LogP contribution in [-0.2, 0) is 18.4 Å². The Balaban J connectivity index is 3.93. The van der Waals surface area contributed by atoms with Gasteiger partial charge in [-0.15, -0.1) is 0 Å². The number of likely N-dealkylation sites (N-methyl/N-ethyl adjacent to an activating group) is 1. The number of nitrogens with one attached hydrogen (secondary N) is 1. The lowest BCUT2D eigenvalue weighted by molar-refractivity contribution is -0.870. The quantitative estimate of drug-likeness (QED) is 0.0318. The Labute approximate surface area is 520 Å². The van der Waals surface area contributed by atoms with Crippen molar-refractivity contribution in [3.8, 4) is 0 Å².